The van der Waals surface area contributed by atoms with Crippen molar-refractivity contribution in [1.29, 1.82) is 0 Å². The summed E-state index contributed by atoms with van der Waals surface area (Å²) < 4.78 is 27.4. The molecule has 1 fully saturated rings. The van der Waals surface area contributed by atoms with Gasteiger partial charge in [-0.2, -0.15) is 15.2 Å². The second-order valence-corrected chi connectivity index (χ2v) is 29.2. The van der Waals surface area contributed by atoms with E-state index in [4.69, 9.17) is 26.5 Å². The van der Waals surface area contributed by atoms with Crippen LogP contribution in [0.3, 0.4) is 0 Å². The Hall–Kier alpha value is -10.1. The molecule has 0 bridgehead atoms. The number of hydrazine groups is 1. The summed E-state index contributed by atoms with van der Waals surface area (Å²) in [5, 5.41) is 60.0. The highest BCUT2D eigenvalue weighted by Crippen LogP contribution is 2.40. The molecule has 0 saturated carbocycles. The van der Waals surface area contributed by atoms with Crippen LogP contribution in [0.5, 0.6) is 11.5 Å². The largest absolute Gasteiger partial charge is 0.507 e. The summed E-state index contributed by atoms with van der Waals surface area (Å²) >= 11 is 9.34. The van der Waals surface area contributed by atoms with Crippen molar-refractivity contribution in [3.8, 4) is 45.6 Å². The normalized spacial score (nSPS) is 13.0. The predicted molar refractivity (Wildman–Crippen MR) is 393 cm³/mol. The van der Waals surface area contributed by atoms with Gasteiger partial charge >= 0.3 is 12.1 Å². The van der Waals surface area contributed by atoms with Gasteiger partial charge in [0.1, 0.15) is 23.1 Å². The lowest BCUT2D eigenvalue weighted by Gasteiger charge is -2.35. The number of carbonyl (C=O) groups excluding carboxylic acids is 2. The maximum atomic E-state index is 16.7. The first-order chi connectivity index (χ1) is 48.7. The number of urea groups is 2. The van der Waals surface area contributed by atoms with Crippen molar-refractivity contribution in [2.45, 2.75) is 111 Å². The highest BCUT2D eigenvalue weighted by Gasteiger charge is 2.36. The first-order valence-electron chi connectivity index (χ1n) is 33.4. The number of benzene rings is 6. The molecule has 21 nitrogen and oxygen atoms in total. The van der Waals surface area contributed by atoms with Crippen molar-refractivity contribution in [1.82, 2.24) is 68.9 Å². The summed E-state index contributed by atoms with van der Waals surface area (Å²) in [7, 11) is 4.03. The lowest BCUT2D eigenvalue weighted by Crippen LogP contribution is -2.55. The van der Waals surface area contributed by atoms with E-state index in [2.05, 4.69) is 107 Å². The van der Waals surface area contributed by atoms with Crippen LogP contribution in [0, 0.1) is 5.82 Å². The summed E-state index contributed by atoms with van der Waals surface area (Å²) in [6.07, 6.45) is 5.15. The van der Waals surface area contributed by atoms with Crippen LogP contribution < -0.4 is 15.6 Å². The number of morpholine rings is 1. The standard InChI is InChI=1S/C76H78ClFN16O5S2/c1-9-75(3,4)65-41-69(92(85-65)55-21-15-17-49(37-55)44-87(7)8)80-74(98)91(46-52-20-12-14-24-64(52)101-58-28-32-67-81-83-71(89(67)48-58)59-39-53(77)25-29-61(59)95)94(70-42-66(76(5,6)10-2)86-93(70)56-22-16-18-50(38-56)45-88-33-35-99-36-34-88)73(97)79-43-51-19-11-13-23-63(51)100-57-27-31-68-82-84-72(90(68)47-57)60-40-54(78)26-30-62(60)96/h11-32,37-42,47-48,95-96H,9-10,33-36,43-46H2,1-8H3,(H,79,97)(H,80,98). The van der Waals surface area contributed by atoms with Gasteiger partial charge in [-0.15, -0.1) is 20.4 Å². The number of rotatable bonds is 22. The lowest BCUT2D eigenvalue weighted by atomic mass is 9.87. The zero-order chi connectivity index (χ0) is 70.7. The molecule has 1 saturated heterocycles. The highest BCUT2D eigenvalue weighted by atomic mass is 35.5. The minimum atomic E-state index is -0.667. The molecule has 0 aliphatic carbocycles. The summed E-state index contributed by atoms with van der Waals surface area (Å²) in [6.45, 7) is 16.6. The first kappa shape index (κ1) is 69.4. The Morgan fingerprint density at radius 3 is 1.82 bits per heavy atom. The Morgan fingerprint density at radius 2 is 1.18 bits per heavy atom. The van der Waals surface area contributed by atoms with E-state index >= 15 is 9.59 Å². The number of anilines is 2. The number of nitrogens with zero attached hydrogens (tertiary/aromatic N) is 14. The van der Waals surface area contributed by atoms with E-state index in [-0.39, 0.29) is 41.8 Å². The number of hydrogen-bond donors (Lipinski definition) is 4. The molecule has 13 rings (SSSR count). The quantitative estimate of drug-likeness (QED) is 0.0464. The summed E-state index contributed by atoms with van der Waals surface area (Å²) in [6, 6.07) is 50.1. The number of ether oxygens (including phenoxy) is 1. The molecule has 0 atom stereocenters. The van der Waals surface area contributed by atoms with Crippen LogP contribution in [0.2, 0.25) is 5.02 Å². The maximum absolute atomic E-state index is 16.7. The van der Waals surface area contributed by atoms with Crippen molar-refractivity contribution < 1.29 is 28.9 Å². The highest BCUT2D eigenvalue weighted by molar-refractivity contribution is 7.99. The Morgan fingerprint density at radius 1 is 0.614 bits per heavy atom. The van der Waals surface area contributed by atoms with Crippen LogP contribution >= 0.6 is 35.1 Å². The van der Waals surface area contributed by atoms with Crippen LogP contribution in [0.1, 0.15) is 88.0 Å². The van der Waals surface area contributed by atoms with Crippen LogP contribution in [0.4, 0.5) is 25.6 Å². The number of aromatic nitrogens is 10. The van der Waals surface area contributed by atoms with E-state index in [1.165, 1.54) is 57.8 Å². The number of pyridine rings is 2. The molecule has 4 N–H and O–H groups in total. The van der Waals surface area contributed by atoms with E-state index in [0.29, 0.717) is 83.2 Å². The average molecular weight is 1410 g/mol. The Balaban J connectivity index is 0.955. The molecule has 1 aliphatic heterocycles. The van der Waals surface area contributed by atoms with Crippen molar-refractivity contribution in [3.05, 3.63) is 227 Å². The van der Waals surface area contributed by atoms with E-state index in [1.54, 1.807) is 36.4 Å². The van der Waals surface area contributed by atoms with E-state index in [1.807, 2.05) is 130 Å². The molecule has 0 radical (unpaired) electrons. The molecule has 4 amide bonds. The van der Waals surface area contributed by atoms with Gasteiger partial charge in [-0.3, -0.25) is 19.0 Å². The molecule has 6 aromatic carbocycles. The number of hydrogen-bond acceptors (Lipinski definition) is 15. The van der Waals surface area contributed by atoms with Gasteiger partial charge < -0.3 is 25.2 Å². The van der Waals surface area contributed by atoms with Gasteiger partial charge in [0.15, 0.2) is 28.8 Å². The summed E-state index contributed by atoms with van der Waals surface area (Å²) in [5.41, 5.74) is 6.98. The second kappa shape index (κ2) is 29.6. The van der Waals surface area contributed by atoms with Crippen LogP contribution in [-0.4, -0.2) is 126 Å². The number of amides is 4. The third kappa shape index (κ3) is 15.3. The van der Waals surface area contributed by atoms with Crippen LogP contribution in [0.15, 0.2) is 202 Å². The fourth-order valence-electron chi connectivity index (χ4n) is 11.9. The maximum Gasteiger partial charge on any atom is 0.342 e. The van der Waals surface area contributed by atoms with Crippen LogP contribution in [0.25, 0.3) is 45.4 Å². The molecule has 7 heterocycles. The topological polar surface area (TPSA) is 217 Å². The fourth-order valence-corrected chi connectivity index (χ4v) is 13.9. The molecule has 518 valence electrons. The smallest absolute Gasteiger partial charge is 0.342 e. The second-order valence-electron chi connectivity index (χ2n) is 26.5. The fraction of sp³-hybridized carbons (Fsp3) is 0.263. The monoisotopic (exact) mass is 1410 g/mol. The van der Waals surface area contributed by atoms with Gasteiger partial charge in [0.05, 0.1) is 53.6 Å². The number of phenols is 2. The van der Waals surface area contributed by atoms with Crippen LogP contribution in [-0.2, 0) is 41.7 Å². The Bertz CT molecular complexity index is 5030. The molecule has 6 aromatic heterocycles. The molecule has 101 heavy (non-hydrogen) atoms. The van der Waals surface area contributed by atoms with Crippen molar-refractivity contribution in [3.63, 3.8) is 0 Å². The summed E-state index contributed by atoms with van der Waals surface area (Å²) in [4.78, 5) is 40.9. The third-order valence-electron chi connectivity index (χ3n) is 18.3. The number of aromatic hydroxyl groups is 2. The molecule has 25 heteroatoms. The molecular formula is C76H78ClFN16O5S2. The number of phenolic OH excluding ortho intramolecular Hbond substituents is 2. The molecule has 0 unspecified atom stereocenters. The van der Waals surface area contributed by atoms with Gasteiger partial charge in [0, 0.05) is 92.7 Å². The first-order valence-corrected chi connectivity index (χ1v) is 35.4. The Kier molecular flexibility index (Phi) is 20.4. The third-order valence-corrected chi connectivity index (χ3v) is 20.7. The van der Waals surface area contributed by atoms with Gasteiger partial charge in [0.25, 0.3) is 0 Å². The van der Waals surface area contributed by atoms with Gasteiger partial charge in [-0.05, 0) is 146 Å². The summed E-state index contributed by atoms with van der Waals surface area (Å²) in [5.74, 6) is 0.600. The Labute approximate surface area is 598 Å². The molecule has 0 spiro atoms. The zero-order valence-electron chi connectivity index (χ0n) is 57.3. The molecule has 12 aromatic rings. The number of nitrogens with one attached hydrogen (secondary N) is 2. The van der Waals surface area contributed by atoms with E-state index in [0.717, 1.165) is 67.2 Å². The van der Waals surface area contributed by atoms with E-state index < -0.39 is 28.7 Å². The molecule has 1 aliphatic rings. The minimum absolute atomic E-state index is 0.0103. The van der Waals surface area contributed by atoms with Gasteiger partial charge in [-0.25, -0.2) is 28.4 Å². The van der Waals surface area contributed by atoms with E-state index in [9.17, 15) is 14.6 Å². The lowest BCUT2D eigenvalue weighted by molar-refractivity contribution is 0.0342. The number of carbonyl (C=O) groups is 2. The average Bonchev–Trinajstić information content (AvgIpc) is 1.67. The minimum Gasteiger partial charge on any atom is -0.507 e. The number of fused-ring (bicyclic) bond motifs is 2. The number of halogens is 2. The van der Waals surface area contributed by atoms with Crippen molar-refractivity contribution in [2.75, 3.05) is 50.7 Å². The SMILES string of the molecule is CCC(C)(C)c1cc(NC(=O)N(Cc2ccccc2Sc2ccc3nnc(-c4cc(Cl)ccc4O)n3c2)N(C(=O)NCc2ccccc2Sc2ccc3nnc(-c4cc(F)ccc4O)n3c2)c2cc(C(C)(C)CC)nn2-c2cccc(CN3CCOCC3)c2)n(-c2cccc(CN(C)C)c2)n1. The van der Waals surface area contributed by atoms with Gasteiger partial charge in [0.2, 0.25) is 0 Å². The molecular weight excluding hydrogens is 1340 g/mol. The predicted octanol–water partition coefficient (Wildman–Crippen LogP) is 15.6. The zero-order valence-corrected chi connectivity index (χ0v) is 59.7. The van der Waals surface area contributed by atoms with Crippen molar-refractivity contribution in [2.24, 2.45) is 0 Å². The van der Waals surface area contributed by atoms with Gasteiger partial charge in [-0.1, -0.05) is 137 Å². The van der Waals surface area contributed by atoms with Crippen molar-refractivity contribution >= 4 is 70.1 Å².